The number of halogens is 6. The zero-order chi connectivity index (χ0) is 25.2. The Kier molecular flexibility index (Phi) is 11.2. The van der Waals surface area contributed by atoms with E-state index in [1.807, 2.05) is 47.6 Å². The fourth-order valence-electron chi connectivity index (χ4n) is 4.40. The Hall–Kier alpha value is -1.55. The zero-order valence-corrected chi connectivity index (χ0v) is 24.7. The summed E-state index contributed by atoms with van der Waals surface area (Å²) in [5, 5.41) is 1.73. The first-order valence-corrected chi connectivity index (χ1v) is 13.0. The molecule has 0 saturated heterocycles. The molecule has 2 aliphatic rings. The van der Waals surface area contributed by atoms with Gasteiger partial charge in [0.05, 0.1) is 19.9 Å². The Bertz CT molecular complexity index is 1270. The van der Waals surface area contributed by atoms with E-state index < -0.39 is 11.6 Å². The van der Waals surface area contributed by atoms with Crippen LogP contribution < -0.4 is 0 Å². The summed E-state index contributed by atoms with van der Waals surface area (Å²) < 4.78 is 25.8. The Morgan fingerprint density at radius 1 is 0.974 bits per heavy atom. The third-order valence-electron chi connectivity index (χ3n) is 6.30. The first kappa shape index (κ1) is 31.0. The number of benzene rings is 3. The van der Waals surface area contributed by atoms with Crippen molar-refractivity contribution >= 4 is 63.4 Å². The molecule has 2 aliphatic heterocycles. The molecule has 3 unspecified atom stereocenters. The Balaban J connectivity index is 0.00000200. The molecule has 0 radical (unpaired) electrons. The van der Waals surface area contributed by atoms with Crippen molar-refractivity contribution < 1.29 is 19.3 Å². The molecule has 0 aromatic heterocycles. The van der Waals surface area contributed by atoms with Gasteiger partial charge in [0.25, 0.3) is 0 Å². The maximum atomic E-state index is 13.6. The summed E-state index contributed by atoms with van der Waals surface area (Å²) in [6.07, 6.45) is 3.33. The smallest absolute Gasteiger partial charge is 0.135 e. The highest BCUT2D eigenvalue weighted by atomic mass is 79.9. The van der Waals surface area contributed by atoms with Crippen molar-refractivity contribution in [2.45, 2.75) is 30.9 Å². The van der Waals surface area contributed by atoms with Crippen molar-refractivity contribution in [1.29, 1.82) is 0 Å². The number of fused-ring (bicyclic) bond motifs is 1. The van der Waals surface area contributed by atoms with Crippen molar-refractivity contribution in [3.05, 3.63) is 116 Å². The van der Waals surface area contributed by atoms with Crippen LogP contribution in [0.25, 0.3) is 0 Å². The van der Waals surface area contributed by atoms with Crippen LogP contribution in [0.3, 0.4) is 0 Å². The minimum absolute atomic E-state index is 0. The van der Waals surface area contributed by atoms with Crippen molar-refractivity contribution in [3.8, 4) is 0 Å². The topological polar surface area (TPSA) is 56.4 Å². The molecule has 0 amide bonds. The van der Waals surface area contributed by atoms with E-state index in [1.165, 1.54) is 12.1 Å². The molecule has 204 valence electrons. The quantitative estimate of drug-likeness (QED) is 0.183. The predicted octanol–water partition coefficient (Wildman–Crippen LogP) is 7.68. The van der Waals surface area contributed by atoms with Gasteiger partial charge in [-0.3, -0.25) is 0 Å². The second-order valence-corrected chi connectivity index (χ2v) is 10.5. The molecule has 38 heavy (non-hydrogen) atoms. The largest absolute Gasteiger partial charge is 0.412 e. The summed E-state index contributed by atoms with van der Waals surface area (Å²) in [4.78, 5) is 4.12. The highest BCUT2D eigenvalue weighted by molar-refractivity contribution is 8.93. The summed E-state index contributed by atoms with van der Waals surface area (Å²) in [6, 6.07) is 17.6. The number of hydrogen-bond acceptors (Lipinski definition) is 4. The molecule has 3 aromatic carbocycles. The fraction of sp³-hybridized carbons (Fsp3) is 0.259. The third-order valence-corrected chi connectivity index (χ3v) is 7.62. The lowest BCUT2D eigenvalue weighted by Gasteiger charge is -2.32. The van der Waals surface area contributed by atoms with Gasteiger partial charge in [-0.25, -0.2) is 4.39 Å². The van der Waals surface area contributed by atoms with Gasteiger partial charge in [0.1, 0.15) is 23.5 Å². The number of hydrogen-bond donors (Lipinski definition) is 0. The molecule has 5 rings (SSSR count). The summed E-state index contributed by atoms with van der Waals surface area (Å²) in [6.45, 7) is 1.86. The van der Waals surface area contributed by atoms with Crippen LogP contribution in [0.4, 0.5) is 4.39 Å². The highest BCUT2D eigenvalue weighted by Crippen LogP contribution is 2.35. The molecule has 0 bridgehead atoms. The van der Waals surface area contributed by atoms with Crippen molar-refractivity contribution in [3.63, 3.8) is 0 Å². The minimum atomic E-state index is -0.510. The van der Waals surface area contributed by atoms with Crippen molar-refractivity contribution in [2.24, 2.45) is 0 Å². The number of rotatable bonds is 8. The molecule has 3 aromatic rings. The summed E-state index contributed by atoms with van der Waals surface area (Å²) >= 11 is 25.5. The van der Waals surface area contributed by atoms with E-state index in [0.717, 1.165) is 22.3 Å². The van der Waals surface area contributed by atoms with Gasteiger partial charge in [-0.15, -0.1) is 17.0 Å². The Labute approximate surface area is 251 Å². The van der Waals surface area contributed by atoms with Gasteiger partial charge < -0.3 is 24.7 Å². The lowest BCUT2D eigenvalue weighted by Crippen LogP contribution is -2.36. The second-order valence-electron chi connectivity index (χ2n) is 8.76. The number of ether oxygens (including phenoxy) is 2. The van der Waals surface area contributed by atoms with Crippen LogP contribution in [0.2, 0.25) is 15.1 Å². The van der Waals surface area contributed by atoms with Crippen LogP contribution in [0.15, 0.2) is 73.1 Å². The summed E-state index contributed by atoms with van der Waals surface area (Å²) in [5.41, 5.74) is 3.12. The van der Waals surface area contributed by atoms with Gasteiger partial charge >= 0.3 is 0 Å². The molecule has 0 spiro atoms. The van der Waals surface area contributed by atoms with Crippen LogP contribution in [0, 0.1) is 5.82 Å². The van der Waals surface area contributed by atoms with Crippen molar-refractivity contribution in [2.75, 3.05) is 13.2 Å². The van der Waals surface area contributed by atoms with Crippen LogP contribution >= 0.6 is 63.4 Å². The number of alkyl halides is 1. The Morgan fingerprint density at radius 3 is 2.45 bits per heavy atom. The van der Waals surface area contributed by atoms with E-state index in [2.05, 4.69) is 4.90 Å². The van der Waals surface area contributed by atoms with Crippen LogP contribution in [0.5, 0.6) is 0 Å². The molecule has 11 heteroatoms. The van der Waals surface area contributed by atoms with Gasteiger partial charge in [0.15, 0.2) is 0 Å². The van der Waals surface area contributed by atoms with Crippen LogP contribution in [-0.2, 0) is 22.7 Å². The third kappa shape index (κ3) is 7.14. The van der Waals surface area contributed by atoms with Gasteiger partial charge in [-0.1, -0.05) is 70.7 Å². The van der Waals surface area contributed by atoms with E-state index in [4.69, 9.17) is 55.9 Å². The normalized spacial score (nSPS) is 17.6. The van der Waals surface area contributed by atoms with E-state index in [0.29, 0.717) is 34.9 Å². The SMILES string of the molecule is Br.Fc1ccc2c(c1)COC2CN1C=CN(C(Cl)C(OCc2ccc(Cl)cc2Cl)c2ccc(Cl)cc2)C1.O. The molecule has 0 fully saturated rings. The van der Waals surface area contributed by atoms with E-state index in [1.54, 1.807) is 18.2 Å². The molecule has 0 saturated carbocycles. The first-order valence-electron chi connectivity index (χ1n) is 11.4. The highest BCUT2D eigenvalue weighted by Gasteiger charge is 2.32. The lowest BCUT2D eigenvalue weighted by atomic mass is 10.1. The van der Waals surface area contributed by atoms with Gasteiger partial charge in [0.2, 0.25) is 0 Å². The fourth-order valence-corrected chi connectivity index (χ4v) is 5.33. The molecule has 0 aliphatic carbocycles. The molecule has 5 nitrogen and oxygen atoms in total. The van der Waals surface area contributed by atoms with E-state index in [-0.39, 0.29) is 41.0 Å². The molecular weight excluding hydrogens is 641 g/mol. The average Bonchev–Trinajstić information content (AvgIpc) is 3.48. The van der Waals surface area contributed by atoms with E-state index in [9.17, 15) is 4.39 Å². The van der Waals surface area contributed by atoms with Crippen molar-refractivity contribution in [1.82, 2.24) is 9.80 Å². The second kappa shape index (κ2) is 13.7. The summed E-state index contributed by atoms with van der Waals surface area (Å²) in [5.74, 6) is -0.247. The first-order chi connectivity index (χ1) is 17.4. The maximum absolute atomic E-state index is 13.6. The number of nitrogens with zero attached hydrogens (tertiary/aromatic N) is 2. The average molecular weight is 667 g/mol. The monoisotopic (exact) mass is 664 g/mol. The molecular formula is C27H26BrCl4FN2O3. The molecule has 3 atom stereocenters. The van der Waals surface area contributed by atoms with Crippen LogP contribution in [0.1, 0.15) is 34.5 Å². The summed E-state index contributed by atoms with van der Waals surface area (Å²) in [7, 11) is 0. The standard InChI is InChI=1S/C27H23Cl4FN2O2.BrH.H2O/c28-20-4-1-17(2-5-20)26(36-14-18-3-6-21(29)12-24(18)30)27(31)34-10-9-33(16-34)13-25-23-8-7-22(32)11-19(23)15-35-25;;/h1-12,25-27H,13-16H2;1H;1H2. The Morgan fingerprint density at radius 2 is 1.71 bits per heavy atom. The van der Waals surface area contributed by atoms with E-state index >= 15 is 0 Å². The predicted molar refractivity (Wildman–Crippen MR) is 156 cm³/mol. The van der Waals surface area contributed by atoms with Gasteiger partial charge in [-0.05, 0) is 58.7 Å². The van der Waals surface area contributed by atoms with Gasteiger partial charge in [-0.2, -0.15) is 0 Å². The zero-order valence-electron chi connectivity index (χ0n) is 20.0. The minimum Gasteiger partial charge on any atom is -0.412 e. The maximum Gasteiger partial charge on any atom is 0.135 e. The lowest BCUT2D eigenvalue weighted by molar-refractivity contribution is 0.00212. The van der Waals surface area contributed by atoms with Crippen LogP contribution in [-0.4, -0.2) is 34.0 Å². The molecule has 2 N–H and O–H groups in total. The van der Waals surface area contributed by atoms with Gasteiger partial charge in [0, 0.05) is 34.0 Å². The molecule has 2 heterocycles.